The fourth-order valence-corrected chi connectivity index (χ4v) is 3.36. The van der Waals surface area contributed by atoms with Crippen molar-refractivity contribution in [3.63, 3.8) is 0 Å². The van der Waals surface area contributed by atoms with E-state index >= 15 is 0 Å². The van der Waals surface area contributed by atoms with Crippen molar-refractivity contribution >= 4 is 46.2 Å². The van der Waals surface area contributed by atoms with E-state index in [1.165, 1.54) is 0 Å². The number of imide groups is 1. The van der Waals surface area contributed by atoms with E-state index < -0.39 is 11.9 Å². The number of nitrogens with one attached hydrogen (secondary N) is 2. The lowest BCUT2D eigenvalue weighted by Gasteiger charge is -2.15. The van der Waals surface area contributed by atoms with Gasteiger partial charge in [0.2, 0.25) is 5.91 Å². The highest BCUT2D eigenvalue weighted by atomic mass is 35.5. The van der Waals surface area contributed by atoms with Crippen molar-refractivity contribution < 1.29 is 9.59 Å². The average molecular weight is 411 g/mol. The molecule has 0 aliphatic carbocycles. The van der Waals surface area contributed by atoms with E-state index in [9.17, 15) is 14.4 Å². The van der Waals surface area contributed by atoms with Crippen LogP contribution in [0.15, 0.2) is 28.2 Å². The molecule has 0 saturated heterocycles. The summed E-state index contributed by atoms with van der Waals surface area (Å²) in [6.45, 7) is 6.89. The Kier molecular flexibility index (Phi) is 7.67. The molecule has 1 aromatic carbocycles. The highest BCUT2D eigenvalue weighted by Gasteiger charge is 2.15. The second-order valence-electron chi connectivity index (χ2n) is 6.46. The average Bonchev–Trinajstić information content (AvgIpc) is 2.60. The van der Waals surface area contributed by atoms with Crippen LogP contribution in [-0.4, -0.2) is 33.8 Å². The van der Waals surface area contributed by atoms with Gasteiger partial charge in [0, 0.05) is 18.1 Å². The van der Waals surface area contributed by atoms with Crippen LogP contribution in [0.25, 0.3) is 10.9 Å². The Labute approximate surface area is 166 Å². The van der Waals surface area contributed by atoms with Gasteiger partial charge in [0.1, 0.15) is 0 Å². The number of amides is 3. The molecule has 0 bridgehead atoms. The minimum Gasteiger partial charge on any atom is -0.338 e. The summed E-state index contributed by atoms with van der Waals surface area (Å²) < 4.78 is 1.57. The predicted molar refractivity (Wildman–Crippen MR) is 108 cm³/mol. The number of thioether (sulfide) groups is 1. The first-order valence-electron chi connectivity index (χ1n) is 8.72. The summed E-state index contributed by atoms with van der Waals surface area (Å²) >= 11 is 7.12. The van der Waals surface area contributed by atoms with Crippen LogP contribution >= 0.6 is 23.4 Å². The standard InChI is InChI=1S/C18H23ClN4O3S/c1-4-7-20-17(26)22-15(24)10-27-18-21-14-8-12(19)5-6-13(14)16(25)23(18)9-11(2)3/h5-6,8,11H,4,7,9-10H2,1-3H3,(H2,20,22,24,26). The maximum atomic E-state index is 12.8. The summed E-state index contributed by atoms with van der Waals surface area (Å²) in [7, 11) is 0. The topological polar surface area (TPSA) is 93.1 Å². The van der Waals surface area contributed by atoms with E-state index in [4.69, 9.17) is 11.6 Å². The van der Waals surface area contributed by atoms with E-state index in [0.29, 0.717) is 34.2 Å². The van der Waals surface area contributed by atoms with Gasteiger partial charge in [-0.1, -0.05) is 44.1 Å². The van der Waals surface area contributed by atoms with E-state index in [0.717, 1.165) is 18.2 Å². The molecule has 0 spiro atoms. The van der Waals surface area contributed by atoms with Crippen LogP contribution in [0, 0.1) is 5.92 Å². The van der Waals surface area contributed by atoms with Crippen LogP contribution in [-0.2, 0) is 11.3 Å². The maximum absolute atomic E-state index is 12.8. The van der Waals surface area contributed by atoms with Crippen molar-refractivity contribution in [2.75, 3.05) is 12.3 Å². The van der Waals surface area contributed by atoms with Gasteiger partial charge in [-0.25, -0.2) is 9.78 Å². The Morgan fingerprint density at radius 2 is 2.07 bits per heavy atom. The molecular formula is C18H23ClN4O3S. The highest BCUT2D eigenvalue weighted by Crippen LogP contribution is 2.21. The summed E-state index contributed by atoms with van der Waals surface area (Å²) in [5.74, 6) is -0.261. The van der Waals surface area contributed by atoms with E-state index in [1.807, 2.05) is 20.8 Å². The van der Waals surface area contributed by atoms with Gasteiger partial charge in [0.15, 0.2) is 5.16 Å². The first kappa shape index (κ1) is 21.2. The molecule has 146 valence electrons. The van der Waals surface area contributed by atoms with E-state index in [-0.39, 0.29) is 17.2 Å². The second kappa shape index (κ2) is 9.75. The van der Waals surface area contributed by atoms with Crippen LogP contribution in [0.2, 0.25) is 5.02 Å². The third kappa shape index (κ3) is 5.97. The normalized spacial score (nSPS) is 11.0. The van der Waals surface area contributed by atoms with Gasteiger partial charge in [0.25, 0.3) is 5.56 Å². The molecule has 2 rings (SSSR count). The molecule has 1 heterocycles. The molecule has 0 atom stereocenters. The Morgan fingerprint density at radius 3 is 2.74 bits per heavy atom. The van der Waals surface area contributed by atoms with Crippen molar-refractivity contribution in [3.8, 4) is 0 Å². The molecule has 27 heavy (non-hydrogen) atoms. The van der Waals surface area contributed by atoms with Crippen molar-refractivity contribution in [1.82, 2.24) is 20.2 Å². The number of nitrogens with zero attached hydrogens (tertiary/aromatic N) is 2. The molecule has 2 N–H and O–H groups in total. The van der Waals surface area contributed by atoms with Crippen molar-refractivity contribution in [2.45, 2.75) is 38.9 Å². The van der Waals surface area contributed by atoms with Crippen molar-refractivity contribution in [3.05, 3.63) is 33.6 Å². The van der Waals surface area contributed by atoms with Crippen molar-refractivity contribution in [1.29, 1.82) is 0 Å². The number of urea groups is 1. The van der Waals surface area contributed by atoms with Crippen LogP contribution in [0.4, 0.5) is 4.79 Å². The number of carbonyl (C=O) groups excluding carboxylic acids is 2. The third-order valence-electron chi connectivity index (χ3n) is 3.55. The smallest absolute Gasteiger partial charge is 0.321 e. The predicted octanol–water partition coefficient (Wildman–Crippen LogP) is 3.03. The Bertz CT molecular complexity index is 898. The molecule has 2 aromatic rings. The maximum Gasteiger partial charge on any atom is 0.321 e. The number of benzene rings is 1. The second-order valence-corrected chi connectivity index (χ2v) is 7.84. The van der Waals surface area contributed by atoms with E-state index in [2.05, 4.69) is 15.6 Å². The molecule has 7 nitrogen and oxygen atoms in total. The number of rotatable bonds is 7. The lowest BCUT2D eigenvalue weighted by atomic mass is 10.2. The number of carbonyl (C=O) groups is 2. The van der Waals surface area contributed by atoms with Gasteiger partial charge in [0.05, 0.1) is 16.7 Å². The van der Waals surface area contributed by atoms with Crippen LogP contribution in [0.5, 0.6) is 0 Å². The number of aromatic nitrogens is 2. The molecule has 1 aromatic heterocycles. The number of fused-ring (bicyclic) bond motifs is 1. The minimum atomic E-state index is -0.528. The lowest BCUT2D eigenvalue weighted by molar-refractivity contribution is -0.117. The van der Waals surface area contributed by atoms with Crippen LogP contribution < -0.4 is 16.2 Å². The number of hydrogen-bond acceptors (Lipinski definition) is 5. The first-order valence-corrected chi connectivity index (χ1v) is 10.1. The zero-order valence-electron chi connectivity index (χ0n) is 15.5. The Balaban J connectivity index is 2.23. The molecule has 0 radical (unpaired) electrons. The van der Waals surface area contributed by atoms with E-state index in [1.54, 1.807) is 22.8 Å². The molecule has 0 unspecified atom stereocenters. The van der Waals surface area contributed by atoms with Gasteiger partial charge >= 0.3 is 6.03 Å². The molecule has 0 aliphatic rings. The number of hydrogen-bond donors (Lipinski definition) is 2. The highest BCUT2D eigenvalue weighted by molar-refractivity contribution is 7.99. The van der Waals surface area contributed by atoms with Gasteiger partial charge in [-0.2, -0.15) is 0 Å². The summed E-state index contributed by atoms with van der Waals surface area (Å²) in [6, 6.07) is 4.41. The van der Waals surface area contributed by atoms with Gasteiger partial charge in [-0.05, 0) is 30.5 Å². The quantitative estimate of drug-likeness (QED) is 0.540. The van der Waals surface area contributed by atoms with Gasteiger partial charge < -0.3 is 5.32 Å². The minimum absolute atomic E-state index is 0.0316. The zero-order chi connectivity index (χ0) is 20.0. The van der Waals surface area contributed by atoms with Gasteiger partial charge in [-0.3, -0.25) is 19.5 Å². The molecule has 0 saturated carbocycles. The summed E-state index contributed by atoms with van der Waals surface area (Å²) in [6.07, 6.45) is 0.779. The molecule has 0 fully saturated rings. The summed E-state index contributed by atoms with van der Waals surface area (Å²) in [5.41, 5.74) is 0.310. The Morgan fingerprint density at radius 1 is 1.33 bits per heavy atom. The summed E-state index contributed by atoms with van der Waals surface area (Å²) in [4.78, 5) is 40.9. The molecule has 3 amide bonds. The fraction of sp³-hybridized carbons (Fsp3) is 0.444. The zero-order valence-corrected chi connectivity index (χ0v) is 17.1. The fourth-order valence-electron chi connectivity index (χ4n) is 2.39. The van der Waals surface area contributed by atoms with Crippen LogP contribution in [0.1, 0.15) is 27.2 Å². The summed E-state index contributed by atoms with van der Waals surface area (Å²) in [5, 5.41) is 6.22. The molecule has 0 aliphatic heterocycles. The largest absolute Gasteiger partial charge is 0.338 e. The third-order valence-corrected chi connectivity index (χ3v) is 4.76. The lowest BCUT2D eigenvalue weighted by Crippen LogP contribution is -2.40. The van der Waals surface area contributed by atoms with Gasteiger partial charge in [-0.15, -0.1) is 0 Å². The monoisotopic (exact) mass is 410 g/mol. The SMILES string of the molecule is CCCNC(=O)NC(=O)CSc1nc2cc(Cl)ccc2c(=O)n1CC(C)C. The molecular weight excluding hydrogens is 388 g/mol. The Hall–Kier alpha value is -2.06. The first-order chi connectivity index (χ1) is 12.8. The number of halogens is 1. The molecule has 9 heteroatoms. The van der Waals surface area contributed by atoms with Crippen molar-refractivity contribution in [2.24, 2.45) is 5.92 Å². The van der Waals surface area contributed by atoms with Crippen LogP contribution in [0.3, 0.4) is 0 Å².